The molecule has 0 aliphatic carbocycles. The molecule has 5 nitrogen and oxygen atoms in total. The van der Waals surface area contributed by atoms with Crippen LogP contribution < -0.4 is 5.32 Å². The SMILES string of the molecule is CC(C)CC1(c2nnn(C)n2)CCNCC1. The number of hydrogen-bond acceptors (Lipinski definition) is 4. The van der Waals surface area contributed by atoms with Gasteiger partial charge in [0.15, 0.2) is 5.82 Å². The van der Waals surface area contributed by atoms with E-state index < -0.39 is 0 Å². The number of aryl methyl sites for hydroxylation is 1. The van der Waals surface area contributed by atoms with Crippen LogP contribution in [0.1, 0.15) is 38.9 Å². The van der Waals surface area contributed by atoms with Gasteiger partial charge in [-0.25, -0.2) is 0 Å². The van der Waals surface area contributed by atoms with Gasteiger partial charge in [-0.3, -0.25) is 0 Å². The second-order valence-electron chi connectivity index (χ2n) is 5.23. The third kappa shape index (κ3) is 2.24. The molecule has 0 atom stereocenters. The largest absolute Gasteiger partial charge is 0.317 e. The highest BCUT2D eigenvalue weighted by Crippen LogP contribution is 2.36. The molecular weight excluding hydrogens is 202 g/mol. The maximum atomic E-state index is 4.43. The van der Waals surface area contributed by atoms with Gasteiger partial charge in [0.05, 0.1) is 7.05 Å². The van der Waals surface area contributed by atoms with Gasteiger partial charge in [0.2, 0.25) is 0 Å². The molecule has 5 heteroatoms. The molecule has 16 heavy (non-hydrogen) atoms. The number of nitrogens with one attached hydrogen (secondary N) is 1. The molecule has 0 saturated carbocycles. The second kappa shape index (κ2) is 4.49. The van der Waals surface area contributed by atoms with E-state index in [0.29, 0.717) is 5.92 Å². The Morgan fingerprint density at radius 2 is 2.06 bits per heavy atom. The zero-order valence-electron chi connectivity index (χ0n) is 10.4. The van der Waals surface area contributed by atoms with E-state index in [1.807, 2.05) is 7.05 Å². The Hall–Kier alpha value is -0.970. The number of hydrogen-bond donors (Lipinski definition) is 1. The molecule has 1 aliphatic rings. The fourth-order valence-electron chi connectivity index (χ4n) is 2.70. The minimum Gasteiger partial charge on any atom is -0.317 e. The molecule has 1 N–H and O–H groups in total. The molecule has 1 aromatic rings. The van der Waals surface area contributed by atoms with E-state index in [-0.39, 0.29) is 5.41 Å². The molecule has 0 spiro atoms. The van der Waals surface area contributed by atoms with Crippen molar-refractivity contribution in [2.24, 2.45) is 13.0 Å². The fourth-order valence-corrected chi connectivity index (χ4v) is 2.70. The minimum absolute atomic E-state index is 0.147. The van der Waals surface area contributed by atoms with Gasteiger partial charge in [-0.15, -0.1) is 10.2 Å². The summed E-state index contributed by atoms with van der Waals surface area (Å²) >= 11 is 0. The van der Waals surface area contributed by atoms with Crippen LogP contribution in [0.2, 0.25) is 0 Å². The summed E-state index contributed by atoms with van der Waals surface area (Å²) in [6, 6.07) is 0. The van der Waals surface area contributed by atoms with Crippen LogP contribution in [0.3, 0.4) is 0 Å². The standard InChI is InChI=1S/C11H21N5/c1-9(2)8-11(4-6-12-7-5-11)10-13-15-16(3)14-10/h9,12H,4-8H2,1-3H3. The van der Waals surface area contributed by atoms with Crippen molar-refractivity contribution < 1.29 is 0 Å². The van der Waals surface area contributed by atoms with Crippen LogP contribution in [0.25, 0.3) is 0 Å². The number of tetrazole rings is 1. The Labute approximate surface area is 96.6 Å². The molecule has 0 amide bonds. The first-order valence-corrected chi connectivity index (χ1v) is 6.08. The lowest BCUT2D eigenvalue weighted by Crippen LogP contribution is -2.41. The summed E-state index contributed by atoms with van der Waals surface area (Å²) < 4.78 is 0. The number of piperidine rings is 1. The summed E-state index contributed by atoms with van der Waals surface area (Å²) in [6.45, 7) is 6.65. The van der Waals surface area contributed by atoms with E-state index in [9.17, 15) is 0 Å². The zero-order chi connectivity index (χ0) is 11.6. The van der Waals surface area contributed by atoms with Gasteiger partial charge < -0.3 is 5.32 Å². The summed E-state index contributed by atoms with van der Waals surface area (Å²) in [7, 11) is 1.83. The predicted molar refractivity (Wildman–Crippen MR) is 62.0 cm³/mol. The molecule has 0 unspecified atom stereocenters. The van der Waals surface area contributed by atoms with Gasteiger partial charge >= 0.3 is 0 Å². The van der Waals surface area contributed by atoms with Crippen molar-refractivity contribution >= 4 is 0 Å². The van der Waals surface area contributed by atoms with Crippen LogP contribution in [0.4, 0.5) is 0 Å². The number of nitrogens with zero attached hydrogens (tertiary/aromatic N) is 4. The lowest BCUT2D eigenvalue weighted by molar-refractivity contribution is 0.243. The third-order valence-corrected chi connectivity index (χ3v) is 3.34. The number of aromatic nitrogens is 4. The summed E-state index contributed by atoms with van der Waals surface area (Å²) in [5.74, 6) is 1.60. The van der Waals surface area contributed by atoms with E-state index in [2.05, 4.69) is 34.6 Å². The van der Waals surface area contributed by atoms with Crippen molar-refractivity contribution in [2.75, 3.05) is 13.1 Å². The highest BCUT2D eigenvalue weighted by atomic mass is 15.6. The van der Waals surface area contributed by atoms with Gasteiger partial charge in [0, 0.05) is 5.41 Å². The normalized spacial score (nSPS) is 20.2. The van der Waals surface area contributed by atoms with E-state index >= 15 is 0 Å². The summed E-state index contributed by atoms with van der Waals surface area (Å²) in [6.07, 6.45) is 3.40. The highest BCUT2D eigenvalue weighted by molar-refractivity contribution is 5.08. The molecule has 1 fully saturated rings. The van der Waals surface area contributed by atoms with Crippen LogP contribution in [0.15, 0.2) is 0 Å². The fraction of sp³-hybridized carbons (Fsp3) is 0.909. The molecule has 0 aromatic carbocycles. The molecule has 90 valence electrons. The Morgan fingerprint density at radius 1 is 1.38 bits per heavy atom. The molecule has 1 aromatic heterocycles. The first-order chi connectivity index (χ1) is 7.62. The molecule has 2 heterocycles. The average Bonchev–Trinajstić information content (AvgIpc) is 2.66. The average molecular weight is 223 g/mol. The van der Waals surface area contributed by atoms with Crippen molar-refractivity contribution in [1.82, 2.24) is 25.5 Å². The Balaban J connectivity index is 2.25. The van der Waals surface area contributed by atoms with E-state index in [1.54, 1.807) is 4.80 Å². The summed E-state index contributed by atoms with van der Waals surface area (Å²) in [4.78, 5) is 1.57. The maximum Gasteiger partial charge on any atom is 0.181 e. The molecule has 1 saturated heterocycles. The van der Waals surface area contributed by atoms with Crippen molar-refractivity contribution in [3.63, 3.8) is 0 Å². The van der Waals surface area contributed by atoms with E-state index in [4.69, 9.17) is 0 Å². The van der Waals surface area contributed by atoms with Gasteiger partial charge in [-0.2, -0.15) is 4.80 Å². The summed E-state index contributed by atoms with van der Waals surface area (Å²) in [5, 5.41) is 16.1. The molecular formula is C11H21N5. The Bertz CT molecular complexity index is 338. The Morgan fingerprint density at radius 3 is 2.56 bits per heavy atom. The van der Waals surface area contributed by atoms with Crippen LogP contribution in [-0.2, 0) is 12.5 Å². The first-order valence-electron chi connectivity index (χ1n) is 6.08. The predicted octanol–water partition coefficient (Wildman–Crippen LogP) is 0.877. The first kappa shape index (κ1) is 11.5. The van der Waals surface area contributed by atoms with Crippen molar-refractivity contribution in [2.45, 2.75) is 38.5 Å². The molecule has 0 bridgehead atoms. The monoisotopic (exact) mass is 223 g/mol. The highest BCUT2D eigenvalue weighted by Gasteiger charge is 2.38. The maximum absolute atomic E-state index is 4.43. The molecule has 2 rings (SSSR count). The van der Waals surface area contributed by atoms with Gasteiger partial charge in [-0.05, 0) is 43.5 Å². The molecule has 1 aliphatic heterocycles. The topological polar surface area (TPSA) is 55.6 Å². The van der Waals surface area contributed by atoms with Crippen LogP contribution >= 0.6 is 0 Å². The van der Waals surface area contributed by atoms with Gasteiger partial charge in [0.25, 0.3) is 0 Å². The van der Waals surface area contributed by atoms with Crippen LogP contribution in [0, 0.1) is 5.92 Å². The van der Waals surface area contributed by atoms with Crippen LogP contribution in [0.5, 0.6) is 0 Å². The van der Waals surface area contributed by atoms with Crippen LogP contribution in [-0.4, -0.2) is 33.3 Å². The van der Waals surface area contributed by atoms with E-state index in [0.717, 1.165) is 38.2 Å². The van der Waals surface area contributed by atoms with Crippen molar-refractivity contribution in [3.05, 3.63) is 5.82 Å². The number of rotatable bonds is 3. The second-order valence-corrected chi connectivity index (χ2v) is 5.23. The minimum atomic E-state index is 0.147. The quantitative estimate of drug-likeness (QED) is 0.826. The Kier molecular flexibility index (Phi) is 3.23. The third-order valence-electron chi connectivity index (χ3n) is 3.34. The smallest absolute Gasteiger partial charge is 0.181 e. The van der Waals surface area contributed by atoms with Gasteiger partial charge in [-0.1, -0.05) is 13.8 Å². The lowest BCUT2D eigenvalue weighted by Gasteiger charge is -2.36. The van der Waals surface area contributed by atoms with E-state index in [1.165, 1.54) is 0 Å². The lowest BCUT2D eigenvalue weighted by atomic mass is 9.72. The van der Waals surface area contributed by atoms with Gasteiger partial charge in [0.1, 0.15) is 0 Å². The van der Waals surface area contributed by atoms with Crippen molar-refractivity contribution in [3.8, 4) is 0 Å². The summed E-state index contributed by atoms with van der Waals surface area (Å²) in [5.41, 5.74) is 0.147. The van der Waals surface area contributed by atoms with Crippen molar-refractivity contribution in [1.29, 1.82) is 0 Å². The molecule has 0 radical (unpaired) electrons. The zero-order valence-corrected chi connectivity index (χ0v) is 10.4.